The number of carbonyl (C=O) groups excluding carboxylic acids is 1. The first-order valence-electron chi connectivity index (χ1n) is 8.98. The van der Waals surface area contributed by atoms with Gasteiger partial charge in [0.15, 0.2) is 0 Å². The number of rotatable bonds is 6. The maximum absolute atomic E-state index is 12.6. The highest BCUT2D eigenvalue weighted by Crippen LogP contribution is 2.26. The Hall–Kier alpha value is -2.44. The topological polar surface area (TPSA) is 75.5 Å². The molecule has 1 atom stereocenters. The Balaban J connectivity index is 1.74. The normalized spacial score (nSPS) is 15.5. The number of benzene rings is 2. The highest BCUT2D eigenvalue weighted by Gasteiger charge is 2.24. The van der Waals surface area contributed by atoms with Crippen LogP contribution in [0.3, 0.4) is 0 Å². The van der Waals surface area contributed by atoms with Gasteiger partial charge in [-0.3, -0.25) is 19.8 Å². The molecule has 142 valence electrons. The number of amides is 1. The molecule has 0 radical (unpaired) electrons. The minimum absolute atomic E-state index is 0.0143. The fourth-order valence-electron chi connectivity index (χ4n) is 3.52. The van der Waals surface area contributed by atoms with Crippen molar-refractivity contribution in [3.63, 3.8) is 0 Å². The van der Waals surface area contributed by atoms with Crippen LogP contribution in [0.1, 0.15) is 40.4 Å². The highest BCUT2D eigenvalue weighted by molar-refractivity contribution is 6.30. The summed E-state index contributed by atoms with van der Waals surface area (Å²) in [5, 5.41) is 14.6. The zero-order valence-corrected chi connectivity index (χ0v) is 15.9. The van der Waals surface area contributed by atoms with Crippen molar-refractivity contribution in [2.45, 2.75) is 25.8 Å². The molecule has 0 saturated carbocycles. The first-order valence-corrected chi connectivity index (χ1v) is 9.36. The summed E-state index contributed by atoms with van der Waals surface area (Å²) in [5.41, 5.74) is 1.98. The summed E-state index contributed by atoms with van der Waals surface area (Å²) in [4.78, 5) is 25.4. The molecule has 1 N–H and O–H groups in total. The number of nitrogens with zero attached hydrogens (tertiary/aromatic N) is 2. The molecular weight excluding hydrogens is 366 g/mol. The Kier molecular flexibility index (Phi) is 6.08. The van der Waals surface area contributed by atoms with Crippen LogP contribution in [0.4, 0.5) is 5.69 Å². The second kappa shape index (κ2) is 8.50. The summed E-state index contributed by atoms with van der Waals surface area (Å²) in [6, 6.07) is 12.2. The summed E-state index contributed by atoms with van der Waals surface area (Å²) in [7, 11) is 0. The number of hydrogen-bond acceptors (Lipinski definition) is 4. The molecule has 0 spiro atoms. The first-order chi connectivity index (χ1) is 13.0. The van der Waals surface area contributed by atoms with Gasteiger partial charge in [-0.2, -0.15) is 0 Å². The Labute approximate surface area is 163 Å². The van der Waals surface area contributed by atoms with Crippen LogP contribution in [-0.4, -0.2) is 35.4 Å². The number of nitro groups is 1. The molecule has 7 heteroatoms. The third kappa shape index (κ3) is 4.64. The molecule has 0 unspecified atom stereocenters. The van der Waals surface area contributed by atoms with Crippen LogP contribution in [-0.2, 0) is 0 Å². The molecule has 27 heavy (non-hydrogen) atoms. The van der Waals surface area contributed by atoms with Crippen molar-refractivity contribution in [1.82, 2.24) is 10.2 Å². The maximum atomic E-state index is 12.6. The lowest BCUT2D eigenvalue weighted by Gasteiger charge is -2.28. The number of halogens is 1. The van der Waals surface area contributed by atoms with E-state index < -0.39 is 4.92 Å². The fraction of sp³-hybridized carbons (Fsp3) is 0.350. The summed E-state index contributed by atoms with van der Waals surface area (Å²) in [6.45, 7) is 4.07. The second-order valence-electron chi connectivity index (χ2n) is 6.78. The summed E-state index contributed by atoms with van der Waals surface area (Å²) in [6.07, 6.45) is 2.29. The molecule has 1 saturated heterocycles. The van der Waals surface area contributed by atoms with Crippen LogP contribution in [0.5, 0.6) is 0 Å². The minimum Gasteiger partial charge on any atom is -0.350 e. The molecular formula is C20H22ClN3O3. The number of carbonyl (C=O) groups is 1. The van der Waals surface area contributed by atoms with E-state index in [-0.39, 0.29) is 17.6 Å². The average molecular weight is 388 g/mol. The standard InChI is InChI=1S/C20H22ClN3O3/c1-14-11-16(7-8-18(14)24(26)27)20(25)22-13-19(23-9-2-3-10-23)15-5-4-6-17(21)12-15/h4-8,11-12,19H,2-3,9-10,13H2,1H3,(H,22,25)/t19-/m1/s1. The van der Waals surface area contributed by atoms with Gasteiger partial charge in [-0.15, -0.1) is 0 Å². The van der Waals surface area contributed by atoms with Crippen LogP contribution in [0.15, 0.2) is 42.5 Å². The smallest absolute Gasteiger partial charge is 0.272 e. The third-order valence-electron chi connectivity index (χ3n) is 4.93. The summed E-state index contributed by atoms with van der Waals surface area (Å²) in [5.74, 6) is -0.237. The fourth-order valence-corrected chi connectivity index (χ4v) is 3.72. The van der Waals surface area contributed by atoms with Gasteiger partial charge in [-0.05, 0) is 62.7 Å². The van der Waals surface area contributed by atoms with Gasteiger partial charge in [0.05, 0.1) is 11.0 Å². The molecule has 2 aromatic rings. The van der Waals surface area contributed by atoms with Crippen molar-refractivity contribution >= 4 is 23.2 Å². The molecule has 1 aliphatic rings. The minimum atomic E-state index is -0.445. The Morgan fingerprint density at radius 1 is 1.26 bits per heavy atom. The van der Waals surface area contributed by atoms with Crippen molar-refractivity contribution < 1.29 is 9.72 Å². The predicted molar refractivity (Wildman–Crippen MR) is 105 cm³/mol. The first kappa shape index (κ1) is 19.3. The van der Waals surface area contributed by atoms with Gasteiger partial charge < -0.3 is 5.32 Å². The third-order valence-corrected chi connectivity index (χ3v) is 5.16. The van der Waals surface area contributed by atoms with Gasteiger partial charge >= 0.3 is 0 Å². The molecule has 0 aliphatic carbocycles. The van der Waals surface area contributed by atoms with E-state index in [4.69, 9.17) is 11.6 Å². The molecule has 0 bridgehead atoms. The number of nitrogens with one attached hydrogen (secondary N) is 1. The molecule has 1 heterocycles. The van der Waals surface area contributed by atoms with Gasteiger partial charge in [0, 0.05) is 28.8 Å². The SMILES string of the molecule is Cc1cc(C(=O)NC[C@H](c2cccc(Cl)c2)N2CCCC2)ccc1[N+](=O)[O-]. The molecule has 1 fully saturated rings. The van der Waals surface area contributed by atoms with Crippen molar-refractivity contribution in [2.24, 2.45) is 0 Å². The summed E-state index contributed by atoms with van der Waals surface area (Å²) < 4.78 is 0. The molecule has 3 rings (SSSR count). The molecule has 1 aliphatic heterocycles. The maximum Gasteiger partial charge on any atom is 0.272 e. The van der Waals surface area contributed by atoms with Crippen LogP contribution in [0.2, 0.25) is 5.02 Å². The van der Waals surface area contributed by atoms with E-state index >= 15 is 0 Å². The van der Waals surface area contributed by atoms with Crippen molar-refractivity contribution in [1.29, 1.82) is 0 Å². The number of hydrogen-bond donors (Lipinski definition) is 1. The van der Waals surface area contributed by atoms with Gasteiger partial charge in [0.1, 0.15) is 0 Å². The van der Waals surface area contributed by atoms with Crippen LogP contribution in [0, 0.1) is 17.0 Å². The Morgan fingerprint density at radius 2 is 2.00 bits per heavy atom. The molecule has 6 nitrogen and oxygen atoms in total. The van der Waals surface area contributed by atoms with Crippen LogP contribution in [0.25, 0.3) is 0 Å². The number of aryl methyl sites for hydroxylation is 1. The zero-order chi connectivity index (χ0) is 19.4. The van der Waals surface area contributed by atoms with E-state index in [1.54, 1.807) is 13.0 Å². The van der Waals surface area contributed by atoms with Gasteiger partial charge in [0.25, 0.3) is 11.6 Å². The molecule has 0 aromatic heterocycles. The van der Waals surface area contributed by atoms with E-state index in [0.717, 1.165) is 31.5 Å². The van der Waals surface area contributed by atoms with Crippen LogP contribution < -0.4 is 5.32 Å². The highest BCUT2D eigenvalue weighted by atomic mass is 35.5. The Bertz CT molecular complexity index is 850. The van der Waals surface area contributed by atoms with E-state index in [1.807, 2.05) is 24.3 Å². The van der Waals surface area contributed by atoms with E-state index in [2.05, 4.69) is 10.2 Å². The largest absolute Gasteiger partial charge is 0.350 e. The predicted octanol–water partition coefficient (Wildman–Crippen LogP) is 4.12. The van der Waals surface area contributed by atoms with Crippen molar-refractivity contribution in [3.05, 3.63) is 74.3 Å². The monoisotopic (exact) mass is 387 g/mol. The van der Waals surface area contributed by atoms with Crippen molar-refractivity contribution in [3.8, 4) is 0 Å². The molecule has 2 aromatic carbocycles. The van der Waals surface area contributed by atoms with E-state index in [9.17, 15) is 14.9 Å². The van der Waals surface area contributed by atoms with E-state index in [1.165, 1.54) is 12.1 Å². The summed E-state index contributed by atoms with van der Waals surface area (Å²) >= 11 is 6.15. The number of nitro benzene ring substituents is 1. The lowest BCUT2D eigenvalue weighted by atomic mass is 10.0. The Morgan fingerprint density at radius 3 is 2.63 bits per heavy atom. The molecule has 1 amide bonds. The van der Waals surface area contributed by atoms with Crippen molar-refractivity contribution in [2.75, 3.05) is 19.6 Å². The average Bonchev–Trinajstić information content (AvgIpc) is 3.16. The van der Waals surface area contributed by atoms with E-state index in [0.29, 0.717) is 22.7 Å². The number of likely N-dealkylation sites (tertiary alicyclic amines) is 1. The van der Waals surface area contributed by atoms with Gasteiger partial charge in [-0.25, -0.2) is 0 Å². The lowest BCUT2D eigenvalue weighted by molar-refractivity contribution is -0.385. The zero-order valence-electron chi connectivity index (χ0n) is 15.2. The lowest BCUT2D eigenvalue weighted by Crippen LogP contribution is -2.36. The second-order valence-corrected chi connectivity index (χ2v) is 7.22. The van der Waals surface area contributed by atoms with Crippen LogP contribution >= 0.6 is 11.6 Å². The van der Waals surface area contributed by atoms with Gasteiger partial charge in [0.2, 0.25) is 0 Å². The quantitative estimate of drug-likeness (QED) is 0.597. The van der Waals surface area contributed by atoms with Gasteiger partial charge in [-0.1, -0.05) is 23.7 Å².